The van der Waals surface area contributed by atoms with E-state index < -0.39 is 6.09 Å². The number of hydrogen-bond donors (Lipinski definition) is 1. The molecule has 0 aromatic heterocycles. The number of nitrogens with zero attached hydrogens (tertiary/aromatic N) is 1. The molecule has 0 radical (unpaired) electrons. The summed E-state index contributed by atoms with van der Waals surface area (Å²) in [6.07, 6.45) is 3.78. The lowest BCUT2D eigenvalue weighted by atomic mass is 9.79. The Balaban J connectivity index is 0.00000192. The minimum atomic E-state index is -0.403. The number of hydrogen-bond acceptors (Lipinski definition) is 3. The van der Waals surface area contributed by atoms with Gasteiger partial charge in [-0.1, -0.05) is 18.2 Å². The number of benzene rings is 1. The monoisotopic (exact) mass is 370 g/mol. The standard InChI is InChI=1S/C22H28N2O3.H2/c1-12-7-14(13-3-4-13)5-6-17(12)20-18-10-24(11-19(18)20)21(25)15-8-16(9-15)23-22(26)27-2;/h5-7,13,15-16,18-20H,3-4,8-11H2,1-2H3,(H,23,26);1H/t15?,16?,18-,19+,20?;. The Bertz CT molecular complexity index is 776. The number of rotatable bonds is 4. The normalized spacial score (nSPS) is 33.9. The quantitative estimate of drug-likeness (QED) is 0.883. The zero-order valence-corrected chi connectivity index (χ0v) is 16.1. The second-order valence-electron chi connectivity index (χ2n) is 8.99. The van der Waals surface area contributed by atoms with Crippen molar-refractivity contribution in [1.29, 1.82) is 0 Å². The van der Waals surface area contributed by atoms with Crippen LogP contribution < -0.4 is 5.32 Å². The molecular formula is C22H30N2O3. The molecule has 3 aliphatic carbocycles. The van der Waals surface area contributed by atoms with Gasteiger partial charge in [-0.15, -0.1) is 0 Å². The van der Waals surface area contributed by atoms with E-state index in [4.69, 9.17) is 0 Å². The Morgan fingerprint density at radius 3 is 2.48 bits per heavy atom. The fourth-order valence-electron chi connectivity index (χ4n) is 5.33. The summed E-state index contributed by atoms with van der Waals surface area (Å²) >= 11 is 0. The Labute approximate surface area is 161 Å². The molecule has 1 N–H and O–H groups in total. The Morgan fingerprint density at radius 1 is 1.19 bits per heavy atom. The number of aryl methyl sites for hydroxylation is 1. The highest BCUT2D eigenvalue weighted by molar-refractivity contribution is 5.81. The summed E-state index contributed by atoms with van der Waals surface area (Å²) in [7, 11) is 1.37. The minimum absolute atomic E-state index is 0. The number of alkyl carbamates (subject to hydrolysis) is 1. The fourth-order valence-corrected chi connectivity index (χ4v) is 5.33. The van der Waals surface area contributed by atoms with Crippen LogP contribution in [0.25, 0.3) is 0 Å². The molecule has 5 rings (SSSR count). The van der Waals surface area contributed by atoms with Crippen LogP contribution in [0.3, 0.4) is 0 Å². The van der Waals surface area contributed by atoms with Gasteiger partial charge in [-0.2, -0.15) is 0 Å². The van der Waals surface area contributed by atoms with Crippen LogP contribution in [-0.4, -0.2) is 43.1 Å². The van der Waals surface area contributed by atoms with Gasteiger partial charge in [-0.3, -0.25) is 4.79 Å². The maximum absolute atomic E-state index is 12.7. The van der Waals surface area contributed by atoms with Gasteiger partial charge >= 0.3 is 6.09 Å². The lowest BCUT2D eigenvalue weighted by Crippen LogP contribution is -2.50. The summed E-state index contributed by atoms with van der Waals surface area (Å²) in [4.78, 5) is 26.0. The number of nitrogens with one attached hydrogen (secondary N) is 1. The zero-order valence-electron chi connectivity index (χ0n) is 16.1. The smallest absolute Gasteiger partial charge is 0.407 e. The molecular weight excluding hydrogens is 340 g/mol. The zero-order chi connectivity index (χ0) is 18.7. The van der Waals surface area contributed by atoms with Gasteiger partial charge in [0.05, 0.1) is 7.11 Å². The number of ether oxygens (including phenoxy) is 1. The number of likely N-dealkylation sites (tertiary alicyclic amines) is 1. The van der Waals surface area contributed by atoms with Crippen LogP contribution >= 0.6 is 0 Å². The third-order valence-electron chi connectivity index (χ3n) is 7.20. The van der Waals surface area contributed by atoms with E-state index in [-0.39, 0.29) is 19.3 Å². The van der Waals surface area contributed by atoms with E-state index in [1.165, 1.54) is 36.6 Å². The predicted octanol–water partition coefficient (Wildman–Crippen LogP) is 3.42. The summed E-state index contributed by atoms with van der Waals surface area (Å²) in [5.41, 5.74) is 4.46. The predicted molar refractivity (Wildman–Crippen MR) is 104 cm³/mol. The Hall–Kier alpha value is -2.04. The summed E-state index contributed by atoms with van der Waals surface area (Å²) in [6.45, 7) is 4.06. The van der Waals surface area contributed by atoms with Crippen LogP contribution in [0.1, 0.15) is 55.6 Å². The first kappa shape index (κ1) is 17.1. The molecule has 3 atom stereocenters. The molecule has 1 aromatic rings. The largest absolute Gasteiger partial charge is 0.453 e. The Kier molecular flexibility index (Phi) is 3.95. The van der Waals surface area contributed by atoms with Gasteiger partial charge in [-0.05, 0) is 73.0 Å². The summed E-state index contributed by atoms with van der Waals surface area (Å²) in [5, 5.41) is 2.78. The molecule has 5 heteroatoms. The molecule has 1 heterocycles. The minimum Gasteiger partial charge on any atom is -0.453 e. The maximum atomic E-state index is 12.7. The van der Waals surface area contributed by atoms with Crippen molar-refractivity contribution in [2.24, 2.45) is 17.8 Å². The average molecular weight is 370 g/mol. The van der Waals surface area contributed by atoms with Crippen molar-refractivity contribution < 1.29 is 15.8 Å². The number of carbonyl (C=O) groups excluding carboxylic acids is 2. The van der Waals surface area contributed by atoms with Crippen molar-refractivity contribution in [2.75, 3.05) is 20.2 Å². The third kappa shape index (κ3) is 3.01. The van der Waals surface area contributed by atoms with E-state index in [1.54, 1.807) is 0 Å². The number of methoxy groups -OCH3 is 1. The molecule has 4 fully saturated rings. The van der Waals surface area contributed by atoms with Crippen molar-refractivity contribution in [1.82, 2.24) is 10.2 Å². The molecule has 27 heavy (non-hydrogen) atoms. The third-order valence-corrected chi connectivity index (χ3v) is 7.20. The molecule has 2 amide bonds. The van der Waals surface area contributed by atoms with E-state index in [1.807, 2.05) is 0 Å². The van der Waals surface area contributed by atoms with Crippen molar-refractivity contribution >= 4 is 12.0 Å². The first-order chi connectivity index (χ1) is 13.0. The van der Waals surface area contributed by atoms with Gasteiger partial charge < -0.3 is 15.0 Å². The number of carbonyl (C=O) groups is 2. The highest BCUT2D eigenvalue weighted by Crippen LogP contribution is 2.59. The molecule has 4 aliphatic rings. The van der Waals surface area contributed by atoms with E-state index in [9.17, 15) is 9.59 Å². The lowest BCUT2D eigenvalue weighted by molar-refractivity contribution is -0.138. The van der Waals surface area contributed by atoms with Crippen molar-refractivity contribution in [3.8, 4) is 0 Å². The van der Waals surface area contributed by atoms with Gasteiger partial charge in [0, 0.05) is 26.5 Å². The summed E-state index contributed by atoms with van der Waals surface area (Å²) < 4.78 is 4.61. The van der Waals surface area contributed by atoms with Crippen molar-refractivity contribution in [3.63, 3.8) is 0 Å². The van der Waals surface area contributed by atoms with Crippen LogP contribution in [-0.2, 0) is 9.53 Å². The number of piperidine rings is 1. The highest BCUT2D eigenvalue weighted by atomic mass is 16.5. The van der Waals surface area contributed by atoms with Crippen LogP contribution in [0.2, 0.25) is 0 Å². The van der Waals surface area contributed by atoms with Gasteiger partial charge in [0.15, 0.2) is 0 Å². The summed E-state index contributed by atoms with van der Waals surface area (Å²) in [5.74, 6) is 3.10. The molecule has 1 aromatic carbocycles. The van der Waals surface area contributed by atoms with E-state index in [0.29, 0.717) is 17.8 Å². The van der Waals surface area contributed by atoms with Gasteiger partial charge in [0.25, 0.3) is 0 Å². The van der Waals surface area contributed by atoms with Crippen LogP contribution in [0.15, 0.2) is 18.2 Å². The number of fused-ring (bicyclic) bond motifs is 1. The van der Waals surface area contributed by atoms with Crippen molar-refractivity contribution in [3.05, 3.63) is 34.9 Å². The van der Waals surface area contributed by atoms with Crippen LogP contribution in [0.5, 0.6) is 0 Å². The molecule has 146 valence electrons. The second kappa shape index (κ2) is 6.25. The fraction of sp³-hybridized carbons (Fsp3) is 0.636. The number of amides is 2. The topological polar surface area (TPSA) is 58.6 Å². The molecule has 0 spiro atoms. The maximum Gasteiger partial charge on any atom is 0.407 e. The second-order valence-corrected chi connectivity index (χ2v) is 8.99. The van der Waals surface area contributed by atoms with E-state index >= 15 is 0 Å². The molecule has 5 nitrogen and oxygen atoms in total. The molecule has 1 saturated heterocycles. The molecule has 1 unspecified atom stereocenters. The van der Waals surface area contributed by atoms with Crippen LogP contribution in [0.4, 0.5) is 4.79 Å². The van der Waals surface area contributed by atoms with E-state index in [2.05, 4.69) is 40.1 Å². The van der Waals surface area contributed by atoms with Gasteiger partial charge in [0.1, 0.15) is 0 Å². The SMILES string of the molecule is COC(=O)NC1CC(C(=O)N2C[C@@H]3C(c4ccc(C5CC5)cc4C)[C@@H]3C2)C1.[HH]. The van der Waals surface area contributed by atoms with Gasteiger partial charge in [0.2, 0.25) is 5.91 Å². The first-order valence-electron chi connectivity index (χ1n) is 10.3. The average Bonchev–Trinajstić information content (AvgIpc) is 3.54. The van der Waals surface area contributed by atoms with Crippen molar-refractivity contribution in [2.45, 2.75) is 50.5 Å². The van der Waals surface area contributed by atoms with Gasteiger partial charge in [-0.25, -0.2) is 4.79 Å². The highest BCUT2D eigenvalue weighted by Gasteiger charge is 2.58. The summed E-state index contributed by atoms with van der Waals surface area (Å²) in [6, 6.07) is 7.17. The van der Waals surface area contributed by atoms with E-state index in [0.717, 1.165) is 31.8 Å². The molecule has 0 bridgehead atoms. The van der Waals surface area contributed by atoms with Crippen LogP contribution in [0, 0.1) is 24.7 Å². The Morgan fingerprint density at radius 2 is 1.89 bits per heavy atom. The molecule has 3 saturated carbocycles. The molecule has 1 aliphatic heterocycles. The first-order valence-corrected chi connectivity index (χ1v) is 10.3. The lowest BCUT2D eigenvalue weighted by Gasteiger charge is -2.37.